The molecule has 0 aliphatic carbocycles. The van der Waals surface area contributed by atoms with Gasteiger partial charge in [-0.2, -0.15) is 11.8 Å². The number of fused-ring (bicyclic) bond motifs is 1. The van der Waals surface area contributed by atoms with Crippen LogP contribution >= 0.6 is 23.5 Å². The Hall–Kier alpha value is -0.870. The maximum absolute atomic E-state index is 12.7. The molecule has 1 aliphatic heterocycles. The van der Waals surface area contributed by atoms with Gasteiger partial charge in [0.2, 0.25) is 5.78 Å². The molecule has 1 aromatic heterocycles. The molecule has 2 nitrogen and oxygen atoms in total. The molecule has 0 radical (unpaired) electrons. The minimum atomic E-state index is 0.0420. The summed E-state index contributed by atoms with van der Waals surface area (Å²) in [6.45, 7) is 4.21. The van der Waals surface area contributed by atoms with Gasteiger partial charge in [0.25, 0.3) is 0 Å². The lowest BCUT2D eigenvalue weighted by Gasteiger charge is -2.27. The number of hydrogen-bond acceptors (Lipinski definition) is 4. The first-order valence-electron chi connectivity index (χ1n) is 6.96. The molecule has 1 aromatic carbocycles. The Morgan fingerprint density at radius 3 is 2.90 bits per heavy atom. The monoisotopic (exact) mass is 306 g/mol. The predicted molar refractivity (Wildman–Crippen MR) is 88.1 cm³/mol. The molecule has 4 heteroatoms. The highest BCUT2D eigenvalue weighted by Crippen LogP contribution is 2.36. The number of thioether (sulfide) groups is 2. The van der Waals surface area contributed by atoms with Crippen molar-refractivity contribution in [3.8, 4) is 0 Å². The Morgan fingerprint density at radius 1 is 1.30 bits per heavy atom. The highest BCUT2D eigenvalue weighted by molar-refractivity contribution is 8.07. The second-order valence-electron chi connectivity index (χ2n) is 5.13. The van der Waals surface area contributed by atoms with Crippen molar-refractivity contribution in [1.82, 2.24) is 0 Å². The Balaban J connectivity index is 1.91. The minimum absolute atomic E-state index is 0.0420. The number of carbonyl (C=O) groups is 1. The van der Waals surface area contributed by atoms with Crippen molar-refractivity contribution in [1.29, 1.82) is 0 Å². The Morgan fingerprint density at radius 2 is 2.10 bits per heavy atom. The average molecular weight is 306 g/mol. The lowest BCUT2D eigenvalue weighted by Crippen LogP contribution is -2.32. The quantitative estimate of drug-likeness (QED) is 0.778. The summed E-state index contributed by atoms with van der Waals surface area (Å²) in [6.07, 6.45) is 1.04. The molecular formula is C16H18O2S2. The number of ketones is 1. The van der Waals surface area contributed by atoms with E-state index in [1.54, 1.807) is 11.8 Å². The van der Waals surface area contributed by atoms with E-state index in [0.29, 0.717) is 11.0 Å². The zero-order valence-electron chi connectivity index (χ0n) is 11.7. The van der Waals surface area contributed by atoms with Crippen LogP contribution in [-0.4, -0.2) is 27.8 Å². The SMILES string of the molecule is CCC1SCCSC1C(=O)c1cc2cc(C)ccc2o1. The number of Topliss-reactive ketones (excluding diaryl/α,β-unsaturated/α-hetero) is 1. The van der Waals surface area contributed by atoms with Crippen molar-refractivity contribution >= 4 is 40.3 Å². The first-order chi connectivity index (χ1) is 9.69. The Labute approximate surface area is 127 Å². The van der Waals surface area contributed by atoms with Crippen LogP contribution in [0.2, 0.25) is 0 Å². The standard InChI is InChI=1S/C16H18O2S2/c1-3-14-16(20-7-6-19-14)15(17)13-9-11-8-10(2)4-5-12(11)18-13/h4-5,8-9,14,16H,3,6-7H2,1-2H3. The molecule has 0 N–H and O–H groups in total. The molecule has 2 atom stereocenters. The fraction of sp³-hybridized carbons (Fsp3) is 0.438. The fourth-order valence-corrected chi connectivity index (χ4v) is 5.58. The summed E-state index contributed by atoms with van der Waals surface area (Å²) in [5, 5.41) is 1.48. The van der Waals surface area contributed by atoms with Gasteiger partial charge in [-0.15, -0.1) is 11.8 Å². The van der Waals surface area contributed by atoms with Gasteiger partial charge in [0.15, 0.2) is 5.76 Å². The van der Waals surface area contributed by atoms with Crippen molar-refractivity contribution in [2.24, 2.45) is 0 Å². The molecular weight excluding hydrogens is 288 g/mol. The lowest BCUT2D eigenvalue weighted by molar-refractivity contribution is 0.0963. The third-order valence-corrected chi connectivity index (χ3v) is 6.87. The van der Waals surface area contributed by atoms with E-state index in [2.05, 4.69) is 19.9 Å². The number of carbonyl (C=O) groups excluding carboxylic acids is 1. The van der Waals surface area contributed by atoms with Crippen LogP contribution in [0, 0.1) is 6.92 Å². The molecule has 20 heavy (non-hydrogen) atoms. The Kier molecular flexibility index (Phi) is 4.13. The van der Waals surface area contributed by atoms with Crippen LogP contribution in [0.4, 0.5) is 0 Å². The van der Waals surface area contributed by atoms with E-state index in [0.717, 1.165) is 28.9 Å². The molecule has 0 bridgehead atoms. The van der Waals surface area contributed by atoms with Crippen molar-refractivity contribution in [3.05, 3.63) is 35.6 Å². The molecule has 2 unspecified atom stereocenters. The van der Waals surface area contributed by atoms with Gasteiger partial charge in [0.1, 0.15) is 5.58 Å². The molecule has 0 spiro atoms. The van der Waals surface area contributed by atoms with Crippen LogP contribution in [0.5, 0.6) is 0 Å². The zero-order valence-corrected chi connectivity index (χ0v) is 13.4. The summed E-state index contributed by atoms with van der Waals surface area (Å²) in [4.78, 5) is 12.7. The summed E-state index contributed by atoms with van der Waals surface area (Å²) < 4.78 is 5.76. The third-order valence-electron chi connectivity index (χ3n) is 3.63. The van der Waals surface area contributed by atoms with Crippen LogP contribution < -0.4 is 0 Å². The van der Waals surface area contributed by atoms with Crippen LogP contribution in [0.15, 0.2) is 28.7 Å². The van der Waals surface area contributed by atoms with Crippen LogP contribution in [-0.2, 0) is 0 Å². The van der Waals surface area contributed by atoms with Gasteiger partial charge in [-0.25, -0.2) is 0 Å². The van der Waals surface area contributed by atoms with E-state index in [4.69, 9.17) is 4.42 Å². The lowest BCUT2D eigenvalue weighted by atomic mass is 10.1. The zero-order chi connectivity index (χ0) is 14.1. The molecule has 2 heterocycles. The Bertz CT molecular complexity index is 632. The first kappa shape index (κ1) is 14.1. The molecule has 3 rings (SSSR count). The highest BCUT2D eigenvalue weighted by Gasteiger charge is 2.33. The van der Waals surface area contributed by atoms with E-state index in [9.17, 15) is 4.79 Å². The van der Waals surface area contributed by atoms with Crippen molar-refractivity contribution in [3.63, 3.8) is 0 Å². The number of rotatable bonds is 3. The van der Waals surface area contributed by atoms with Gasteiger partial charge in [0, 0.05) is 22.1 Å². The van der Waals surface area contributed by atoms with E-state index in [1.807, 2.05) is 30.0 Å². The van der Waals surface area contributed by atoms with Gasteiger partial charge < -0.3 is 4.42 Å². The summed E-state index contributed by atoms with van der Waals surface area (Å²) >= 11 is 3.70. The van der Waals surface area contributed by atoms with Gasteiger partial charge in [-0.05, 0) is 31.5 Å². The predicted octanol–water partition coefficient (Wildman–Crippen LogP) is 4.55. The van der Waals surface area contributed by atoms with E-state index in [1.165, 1.54) is 5.56 Å². The summed E-state index contributed by atoms with van der Waals surface area (Å²) in [5.41, 5.74) is 1.99. The van der Waals surface area contributed by atoms with Gasteiger partial charge in [-0.3, -0.25) is 4.79 Å². The fourth-order valence-electron chi connectivity index (χ4n) is 2.57. The van der Waals surface area contributed by atoms with Crippen LogP contribution in [0.1, 0.15) is 29.5 Å². The second-order valence-corrected chi connectivity index (χ2v) is 7.72. The van der Waals surface area contributed by atoms with Gasteiger partial charge >= 0.3 is 0 Å². The van der Waals surface area contributed by atoms with Crippen molar-refractivity contribution in [2.45, 2.75) is 30.8 Å². The van der Waals surface area contributed by atoms with E-state index in [-0.39, 0.29) is 11.0 Å². The summed E-state index contributed by atoms with van der Waals surface area (Å²) in [7, 11) is 0. The third kappa shape index (κ3) is 2.63. The van der Waals surface area contributed by atoms with Gasteiger partial charge in [0.05, 0.1) is 5.25 Å². The molecule has 1 fully saturated rings. The molecule has 106 valence electrons. The number of hydrogen-bond donors (Lipinski definition) is 0. The molecule has 0 saturated carbocycles. The van der Waals surface area contributed by atoms with E-state index >= 15 is 0 Å². The minimum Gasteiger partial charge on any atom is -0.453 e. The summed E-state index contributed by atoms with van der Waals surface area (Å²) in [5.74, 6) is 2.87. The van der Waals surface area contributed by atoms with Crippen LogP contribution in [0.25, 0.3) is 11.0 Å². The highest BCUT2D eigenvalue weighted by atomic mass is 32.2. The normalized spacial score (nSPS) is 23.1. The number of furan rings is 1. The smallest absolute Gasteiger partial charge is 0.212 e. The molecule has 1 aliphatic rings. The van der Waals surface area contributed by atoms with Crippen molar-refractivity contribution in [2.75, 3.05) is 11.5 Å². The molecule has 0 amide bonds. The molecule has 2 aromatic rings. The largest absolute Gasteiger partial charge is 0.453 e. The second kappa shape index (κ2) is 5.86. The number of aryl methyl sites for hydroxylation is 1. The van der Waals surface area contributed by atoms with Gasteiger partial charge in [-0.1, -0.05) is 18.6 Å². The molecule has 1 saturated heterocycles. The van der Waals surface area contributed by atoms with Crippen LogP contribution in [0.3, 0.4) is 0 Å². The first-order valence-corrected chi connectivity index (χ1v) is 9.06. The topological polar surface area (TPSA) is 30.2 Å². The maximum Gasteiger partial charge on any atom is 0.212 e. The summed E-state index contributed by atoms with van der Waals surface area (Å²) in [6, 6.07) is 7.93. The average Bonchev–Trinajstić information content (AvgIpc) is 2.89. The maximum atomic E-state index is 12.7. The van der Waals surface area contributed by atoms with E-state index < -0.39 is 0 Å². The van der Waals surface area contributed by atoms with Crippen molar-refractivity contribution < 1.29 is 9.21 Å². The number of benzene rings is 1.